The van der Waals surface area contributed by atoms with Crippen LogP contribution in [0, 0.1) is 5.92 Å². The first kappa shape index (κ1) is 18.5. The van der Waals surface area contributed by atoms with Crippen LogP contribution in [0.25, 0.3) is 0 Å². The van der Waals surface area contributed by atoms with Gasteiger partial charge in [-0.1, -0.05) is 19.8 Å². The zero-order valence-electron chi connectivity index (χ0n) is 14.8. The van der Waals surface area contributed by atoms with Gasteiger partial charge in [-0.2, -0.15) is 0 Å². The summed E-state index contributed by atoms with van der Waals surface area (Å²) in [6, 6.07) is 0.0667. The molecule has 0 aromatic heterocycles. The van der Waals surface area contributed by atoms with E-state index in [9.17, 15) is 14.4 Å². The molecule has 1 heterocycles. The number of nitrogens with one attached hydrogen (secondary N) is 2. The van der Waals surface area contributed by atoms with Crippen molar-refractivity contribution in [2.75, 3.05) is 32.7 Å². The molecule has 1 aliphatic carbocycles. The molecule has 2 aliphatic rings. The lowest BCUT2D eigenvalue weighted by atomic mass is 9.86. The van der Waals surface area contributed by atoms with Gasteiger partial charge >= 0.3 is 6.03 Å². The van der Waals surface area contributed by atoms with E-state index < -0.39 is 0 Å². The molecule has 1 aliphatic heterocycles. The van der Waals surface area contributed by atoms with Crippen LogP contribution in [-0.2, 0) is 9.59 Å². The van der Waals surface area contributed by atoms with Crippen LogP contribution in [-0.4, -0.2) is 66.4 Å². The minimum absolute atomic E-state index is 0.0320. The average molecular weight is 338 g/mol. The van der Waals surface area contributed by atoms with Crippen LogP contribution in [0.2, 0.25) is 0 Å². The number of hydrogen-bond donors (Lipinski definition) is 2. The van der Waals surface area contributed by atoms with Gasteiger partial charge in [0.15, 0.2) is 0 Å². The molecule has 1 saturated heterocycles. The van der Waals surface area contributed by atoms with Crippen molar-refractivity contribution >= 4 is 17.8 Å². The van der Waals surface area contributed by atoms with E-state index in [-0.39, 0.29) is 23.9 Å². The summed E-state index contributed by atoms with van der Waals surface area (Å²) in [6.07, 6.45) is 4.91. The van der Waals surface area contributed by atoms with Crippen molar-refractivity contribution in [3.63, 3.8) is 0 Å². The fourth-order valence-corrected chi connectivity index (χ4v) is 3.46. The number of urea groups is 1. The van der Waals surface area contributed by atoms with Crippen LogP contribution >= 0.6 is 0 Å². The monoisotopic (exact) mass is 338 g/mol. The molecule has 2 rings (SSSR count). The maximum atomic E-state index is 12.1. The van der Waals surface area contributed by atoms with E-state index in [2.05, 4.69) is 17.6 Å². The molecule has 0 aromatic rings. The van der Waals surface area contributed by atoms with E-state index in [1.54, 1.807) is 16.7 Å². The van der Waals surface area contributed by atoms with Crippen LogP contribution < -0.4 is 10.6 Å². The Kier molecular flexibility index (Phi) is 6.87. The first-order chi connectivity index (χ1) is 11.5. The largest absolute Gasteiger partial charge is 0.339 e. The molecule has 0 bridgehead atoms. The number of carbonyl (C=O) groups is 3. The fourth-order valence-electron chi connectivity index (χ4n) is 3.46. The number of rotatable bonds is 4. The molecule has 7 heteroatoms. The van der Waals surface area contributed by atoms with Crippen molar-refractivity contribution < 1.29 is 14.4 Å². The smallest absolute Gasteiger partial charge is 0.315 e. The third-order valence-electron chi connectivity index (χ3n) is 5.13. The number of hydrogen-bond acceptors (Lipinski definition) is 3. The highest BCUT2D eigenvalue weighted by atomic mass is 16.2. The van der Waals surface area contributed by atoms with Crippen LogP contribution in [0.5, 0.6) is 0 Å². The highest BCUT2D eigenvalue weighted by Crippen LogP contribution is 2.23. The van der Waals surface area contributed by atoms with Gasteiger partial charge in [0, 0.05) is 52.1 Å². The molecule has 136 valence electrons. The van der Waals surface area contributed by atoms with Crippen LogP contribution in [0.15, 0.2) is 0 Å². The minimum Gasteiger partial charge on any atom is -0.339 e. The van der Waals surface area contributed by atoms with E-state index in [0.717, 1.165) is 12.8 Å². The molecular formula is C17H30N4O3. The molecule has 7 nitrogen and oxygen atoms in total. The lowest BCUT2D eigenvalue weighted by Gasteiger charge is -2.34. The predicted octanol–water partition coefficient (Wildman–Crippen LogP) is 0.945. The summed E-state index contributed by atoms with van der Waals surface area (Å²) in [7, 11) is 0. The molecule has 2 N–H and O–H groups in total. The molecule has 1 saturated carbocycles. The van der Waals surface area contributed by atoms with Gasteiger partial charge in [0.1, 0.15) is 0 Å². The zero-order valence-corrected chi connectivity index (χ0v) is 14.8. The number of nitrogens with zero attached hydrogens (tertiary/aromatic N) is 2. The topological polar surface area (TPSA) is 81.8 Å². The molecule has 0 aromatic carbocycles. The lowest BCUT2D eigenvalue weighted by Crippen LogP contribution is -2.51. The standard InChI is InChI=1S/C17H30N4O3/c1-13-5-3-4-6-15(13)19-17(24)18-8-7-16(23)21-11-9-20(10-12-21)14(2)22/h13,15H,3-12H2,1-2H3,(H2,18,19,24)/t13-,15+/m0/s1. The first-order valence-electron chi connectivity index (χ1n) is 9.05. The predicted molar refractivity (Wildman–Crippen MR) is 91.4 cm³/mol. The van der Waals surface area contributed by atoms with Crippen LogP contribution in [0.1, 0.15) is 46.0 Å². The van der Waals surface area contributed by atoms with Crippen molar-refractivity contribution in [2.24, 2.45) is 5.92 Å². The third kappa shape index (κ3) is 5.39. The average Bonchev–Trinajstić information content (AvgIpc) is 2.57. The van der Waals surface area contributed by atoms with Crippen molar-refractivity contribution in [3.8, 4) is 0 Å². The van der Waals surface area contributed by atoms with E-state index in [1.165, 1.54) is 12.8 Å². The van der Waals surface area contributed by atoms with Gasteiger partial charge in [0.2, 0.25) is 11.8 Å². The van der Waals surface area contributed by atoms with Gasteiger partial charge in [-0.05, 0) is 18.8 Å². The molecular weight excluding hydrogens is 308 g/mol. The van der Waals surface area contributed by atoms with Gasteiger partial charge in [-0.3, -0.25) is 9.59 Å². The van der Waals surface area contributed by atoms with Gasteiger partial charge in [-0.25, -0.2) is 4.79 Å². The molecule has 0 radical (unpaired) electrons. The Hall–Kier alpha value is -1.79. The zero-order chi connectivity index (χ0) is 17.5. The fraction of sp³-hybridized carbons (Fsp3) is 0.824. The Morgan fingerprint density at radius 2 is 1.62 bits per heavy atom. The summed E-state index contributed by atoms with van der Waals surface area (Å²) in [6.45, 7) is 6.40. The van der Waals surface area contributed by atoms with Crippen LogP contribution in [0.4, 0.5) is 4.79 Å². The van der Waals surface area contributed by atoms with Crippen molar-refractivity contribution in [2.45, 2.75) is 52.0 Å². The molecule has 24 heavy (non-hydrogen) atoms. The SMILES string of the molecule is CC(=O)N1CCN(C(=O)CCNC(=O)N[C@@H]2CCCC[C@@H]2C)CC1. The minimum atomic E-state index is -0.178. The Morgan fingerprint density at radius 1 is 1.00 bits per heavy atom. The molecule has 4 amide bonds. The van der Waals surface area contributed by atoms with E-state index in [0.29, 0.717) is 45.1 Å². The molecule has 0 unspecified atom stereocenters. The maximum Gasteiger partial charge on any atom is 0.315 e. The van der Waals surface area contributed by atoms with Crippen LogP contribution in [0.3, 0.4) is 0 Å². The Morgan fingerprint density at radius 3 is 2.25 bits per heavy atom. The second-order valence-electron chi connectivity index (χ2n) is 6.91. The van der Waals surface area contributed by atoms with Gasteiger partial charge in [-0.15, -0.1) is 0 Å². The summed E-state index contributed by atoms with van der Waals surface area (Å²) in [5, 5.41) is 5.81. The maximum absolute atomic E-state index is 12.1. The van der Waals surface area contributed by atoms with E-state index in [1.807, 2.05) is 0 Å². The molecule has 2 fully saturated rings. The lowest BCUT2D eigenvalue weighted by molar-refractivity contribution is -0.138. The summed E-state index contributed by atoms with van der Waals surface area (Å²) < 4.78 is 0. The van der Waals surface area contributed by atoms with E-state index >= 15 is 0 Å². The quantitative estimate of drug-likeness (QED) is 0.800. The first-order valence-corrected chi connectivity index (χ1v) is 9.05. The molecule has 0 spiro atoms. The number of piperazine rings is 1. The van der Waals surface area contributed by atoms with Gasteiger partial charge < -0.3 is 20.4 Å². The van der Waals surface area contributed by atoms with Crippen molar-refractivity contribution in [1.82, 2.24) is 20.4 Å². The number of carbonyl (C=O) groups excluding carboxylic acids is 3. The highest BCUT2D eigenvalue weighted by Gasteiger charge is 2.24. The second kappa shape index (κ2) is 8.89. The van der Waals surface area contributed by atoms with Crippen molar-refractivity contribution in [1.29, 1.82) is 0 Å². The Bertz CT molecular complexity index is 461. The second-order valence-corrected chi connectivity index (χ2v) is 6.91. The summed E-state index contributed by atoms with van der Waals surface area (Å²) >= 11 is 0. The summed E-state index contributed by atoms with van der Waals surface area (Å²) in [5.41, 5.74) is 0. The van der Waals surface area contributed by atoms with E-state index in [4.69, 9.17) is 0 Å². The highest BCUT2D eigenvalue weighted by molar-refractivity contribution is 5.79. The Labute approximate surface area is 144 Å². The number of amides is 4. The van der Waals surface area contributed by atoms with Gasteiger partial charge in [0.25, 0.3) is 0 Å². The summed E-state index contributed by atoms with van der Waals surface area (Å²) in [4.78, 5) is 38.9. The molecule has 2 atom stereocenters. The summed E-state index contributed by atoms with van der Waals surface area (Å²) in [5.74, 6) is 0.602. The Balaban J connectivity index is 1.62. The normalized spacial score (nSPS) is 24.4. The third-order valence-corrected chi connectivity index (χ3v) is 5.13. The van der Waals surface area contributed by atoms with Gasteiger partial charge in [0.05, 0.1) is 0 Å². The van der Waals surface area contributed by atoms with Crippen molar-refractivity contribution in [3.05, 3.63) is 0 Å².